The van der Waals surface area contributed by atoms with Gasteiger partial charge >= 0.3 is 0 Å². The summed E-state index contributed by atoms with van der Waals surface area (Å²) in [5, 5.41) is 2.97. The number of carbonyl (C=O) groups is 2. The molecule has 0 aromatic carbocycles. The van der Waals surface area contributed by atoms with E-state index in [9.17, 15) is 9.59 Å². The van der Waals surface area contributed by atoms with Gasteiger partial charge in [0.2, 0.25) is 11.8 Å². The molecule has 2 amide bonds. The zero-order valence-corrected chi connectivity index (χ0v) is 13.3. The first-order valence-electron chi connectivity index (χ1n) is 8.05. The maximum Gasteiger partial charge on any atom is 0.248 e. The third kappa shape index (κ3) is 2.23. The molecule has 1 N–H and O–H groups in total. The van der Waals surface area contributed by atoms with Crippen molar-refractivity contribution >= 4 is 11.8 Å². The zero-order valence-electron chi connectivity index (χ0n) is 13.3. The number of amides is 2. The van der Waals surface area contributed by atoms with Crippen molar-refractivity contribution in [2.45, 2.75) is 89.8 Å². The van der Waals surface area contributed by atoms with Crippen molar-refractivity contribution in [2.75, 3.05) is 0 Å². The second-order valence-corrected chi connectivity index (χ2v) is 6.82. The van der Waals surface area contributed by atoms with Gasteiger partial charge in [-0.05, 0) is 39.5 Å². The van der Waals surface area contributed by atoms with Crippen LogP contribution in [0.5, 0.6) is 0 Å². The van der Waals surface area contributed by atoms with Gasteiger partial charge in [-0.3, -0.25) is 9.59 Å². The first kappa shape index (κ1) is 15.3. The monoisotopic (exact) mass is 280 g/mol. The number of nitrogens with one attached hydrogen (secondary N) is 1. The molecule has 0 atom stereocenters. The van der Waals surface area contributed by atoms with Gasteiger partial charge in [0.1, 0.15) is 11.1 Å². The van der Waals surface area contributed by atoms with E-state index in [0.717, 1.165) is 38.5 Å². The summed E-state index contributed by atoms with van der Waals surface area (Å²) in [5.74, 6) is 0.154. The number of nitrogens with zero attached hydrogens (tertiary/aromatic N) is 1. The number of carbonyl (C=O) groups excluding carboxylic acids is 2. The summed E-state index contributed by atoms with van der Waals surface area (Å²) in [6.07, 6.45) is 6.70. The fourth-order valence-corrected chi connectivity index (χ4v) is 3.83. The highest BCUT2D eigenvalue weighted by atomic mass is 16.2. The van der Waals surface area contributed by atoms with E-state index in [4.69, 9.17) is 0 Å². The summed E-state index contributed by atoms with van der Waals surface area (Å²) in [6, 6.07) is 0.172. The molecule has 2 fully saturated rings. The third-order valence-corrected chi connectivity index (χ3v) is 5.05. The molecule has 0 unspecified atom stereocenters. The Morgan fingerprint density at radius 2 is 1.65 bits per heavy atom. The molecule has 1 saturated heterocycles. The van der Waals surface area contributed by atoms with Crippen LogP contribution in [0.1, 0.15) is 72.6 Å². The Bertz CT molecular complexity index is 393. The third-order valence-electron chi connectivity index (χ3n) is 5.05. The van der Waals surface area contributed by atoms with Crippen LogP contribution in [0, 0.1) is 0 Å². The lowest BCUT2D eigenvalue weighted by molar-refractivity contribution is -0.168. The zero-order chi connectivity index (χ0) is 15.0. The molecule has 1 aliphatic heterocycles. The summed E-state index contributed by atoms with van der Waals surface area (Å²) in [4.78, 5) is 27.7. The lowest BCUT2D eigenvalue weighted by Crippen LogP contribution is -2.76. The Hall–Kier alpha value is -1.06. The fourth-order valence-electron chi connectivity index (χ4n) is 3.83. The van der Waals surface area contributed by atoms with E-state index >= 15 is 0 Å². The quantitative estimate of drug-likeness (QED) is 0.864. The summed E-state index contributed by atoms with van der Waals surface area (Å²) < 4.78 is 0. The predicted molar refractivity (Wildman–Crippen MR) is 79.3 cm³/mol. The van der Waals surface area contributed by atoms with Crippen LogP contribution in [-0.4, -0.2) is 33.8 Å². The van der Waals surface area contributed by atoms with Crippen LogP contribution in [0.15, 0.2) is 0 Å². The van der Waals surface area contributed by atoms with E-state index in [0.29, 0.717) is 0 Å². The molecule has 4 nitrogen and oxygen atoms in total. The topological polar surface area (TPSA) is 49.4 Å². The smallest absolute Gasteiger partial charge is 0.248 e. The van der Waals surface area contributed by atoms with Crippen molar-refractivity contribution in [1.82, 2.24) is 10.2 Å². The van der Waals surface area contributed by atoms with Gasteiger partial charge in [0.25, 0.3) is 0 Å². The van der Waals surface area contributed by atoms with E-state index in [1.165, 1.54) is 6.42 Å². The minimum Gasteiger partial charge on any atom is -0.340 e. The average molecular weight is 280 g/mol. The van der Waals surface area contributed by atoms with E-state index < -0.39 is 11.1 Å². The fraction of sp³-hybridized carbons (Fsp3) is 0.875. The van der Waals surface area contributed by atoms with E-state index in [2.05, 4.69) is 19.2 Å². The van der Waals surface area contributed by atoms with Gasteiger partial charge in [-0.15, -0.1) is 0 Å². The van der Waals surface area contributed by atoms with E-state index in [1.807, 2.05) is 18.7 Å². The maximum absolute atomic E-state index is 12.9. The molecular weight excluding hydrogens is 252 g/mol. The molecule has 4 heteroatoms. The highest BCUT2D eigenvalue weighted by molar-refractivity contribution is 6.02. The van der Waals surface area contributed by atoms with Crippen molar-refractivity contribution in [2.24, 2.45) is 0 Å². The Labute approximate surface area is 122 Å². The number of hydrogen-bond acceptors (Lipinski definition) is 2. The first-order chi connectivity index (χ1) is 9.39. The Kier molecular flexibility index (Phi) is 4.12. The minimum atomic E-state index is -0.775. The van der Waals surface area contributed by atoms with Crippen molar-refractivity contribution in [3.8, 4) is 0 Å². The SMILES string of the molecule is CCC(CC)N1C(=O)C(C)(C)NC(=O)C12CCCCC2. The van der Waals surface area contributed by atoms with Gasteiger partial charge < -0.3 is 10.2 Å². The van der Waals surface area contributed by atoms with Gasteiger partial charge in [0, 0.05) is 6.04 Å². The summed E-state index contributed by atoms with van der Waals surface area (Å²) in [6.45, 7) is 7.85. The molecule has 1 spiro atoms. The highest BCUT2D eigenvalue weighted by Crippen LogP contribution is 2.40. The molecular formula is C16H28N2O2. The number of piperazine rings is 1. The van der Waals surface area contributed by atoms with E-state index in [-0.39, 0.29) is 17.9 Å². The van der Waals surface area contributed by atoms with Crippen LogP contribution >= 0.6 is 0 Å². The predicted octanol–water partition coefficient (Wildman–Crippen LogP) is 2.61. The molecule has 0 aromatic rings. The maximum atomic E-state index is 12.9. The largest absolute Gasteiger partial charge is 0.340 e. The van der Waals surface area contributed by atoms with Crippen molar-refractivity contribution in [1.29, 1.82) is 0 Å². The lowest BCUT2D eigenvalue weighted by atomic mass is 9.74. The number of rotatable bonds is 3. The summed E-state index contributed by atoms with van der Waals surface area (Å²) in [7, 11) is 0. The van der Waals surface area contributed by atoms with Crippen LogP contribution < -0.4 is 5.32 Å². The van der Waals surface area contributed by atoms with Crippen molar-refractivity contribution in [3.63, 3.8) is 0 Å². The molecule has 0 bridgehead atoms. The minimum absolute atomic E-state index is 0.0636. The number of hydrogen-bond donors (Lipinski definition) is 1. The van der Waals surface area contributed by atoms with Gasteiger partial charge in [-0.2, -0.15) is 0 Å². The Balaban J connectivity index is 2.45. The Morgan fingerprint density at radius 1 is 1.10 bits per heavy atom. The first-order valence-corrected chi connectivity index (χ1v) is 8.05. The molecule has 0 aromatic heterocycles. The molecule has 1 heterocycles. The van der Waals surface area contributed by atoms with E-state index in [1.54, 1.807) is 0 Å². The summed E-state index contributed by atoms with van der Waals surface area (Å²) in [5.41, 5.74) is -1.36. The molecule has 0 radical (unpaired) electrons. The Morgan fingerprint density at radius 3 is 2.15 bits per heavy atom. The van der Waals surface area contributed by atoms with Crippen LogP contribution in [0.4, 0.5) is 0 Å². The van der Waals surface area contributed by atoms with Crippen LogP contribution in [0.2, 0.25) is 0 Å². The molecule has 2 rings (SSSR count). The standard InChI is InChI=1S/C16H28N2O2/c1-5-12(6-2)18-14(20)15(3,4)17-13(19)16(18)10-8-7-9-11-16/h12H,5-11H2,1-4H3,(H,17,19). The molecule has 1 aliphatic carbocycles. The van der Waals surface area contributed by atoms with Crippen molar-refractivity contribution < 1.29 is 9.59 Å². The van der Waals surface area contributed by atoms with Crippen LogP contribution in [0.25, 0.3) is 0 Å². The lowest BCUT2D eigenvalue weighted by Gasteiger charge is -2.55. The summed E-state index contributed by atoms with van der Waals surface area (Å²) >= 11 is 0. The highest BCUT2D eigenvalue weighted by Gasteiger charge is 2.56. The normalized spacial score (nSPS) is 25.1. The molecule has 2 aliphatic rings. The van der Waals surface area contributed by atoms with Gasteiger partial charge in [0.05, 0.1) is 0 Å². The van der Waals surface area contributed by atoms with Crippen LogP contribution in [-0.2, 0) is 9.59 Å². The molecule has 114 valence electrons. The molecule has 20 heavy (non-hydrogen) atoms. The van der Waals surface area contributed by atoms with Gasteiger partial charge in [0.15, 0.2) is 0 Å². The van der Waals surface area contributed by atoms with Gasteiger partial charge in [-0.25, -0.2) is 0 Å². The van der Waals surface area contributed by atoms with Crippen LogP contribution in [0.3, 0.4) is 0 Å². The molecule has 1 saturated carbocycles. The second-order valence-electron chi connectivity index (χ2n) is 6.82. The van der Waals surface area contributed by atoms with Gasteiger partial charge in [-0.1, -0.05) is 33.1 Å². The second kappa shape index (κ2) is 5.38. The average Bonchev–Trinajstić information content (AvgIpc) is 2.42. The van der Waals surface area contributed by atoms with Crippen molar-refractivity contribution in [3.05, 3.63) is 0 Å².